The van der Waals surface area contributed by atoms with Gasteiger partial charge in [-0.05, 0) is 48.4 Å². The first-order chi connectivity index (χ1) is 25.8. The molecule has 0 aliphatic heterocycles. The Hall–Kier alpha value is -6.04. The van der Waals surface area contributed by atoms with Crippen LogP contribution in [0.3, 0.4) is 0 Å². The molecule has 2 aromatic carbocycles. The summed E-state index contributed by atoms with van der Waals surface area (Å²) < 4.78 is 0. The van der Waals surface area contributed by atoms with E-state index in [-0.39, 0.29) is 18.6 Å². The molecule has 18 heteroatoms. The summed E-state index contributed by atoms with van der Waals surface area (Å²) in [6.45, 7) is 7.18. The molecule has 0 saturated carbocycles. The van der Waals surface area contributed by atoms with Crippen LogP contribution in [-0.2, 0) is 51.2 Å². The maximum absolute atomic E-state index is 13.4. The number of carboxylic acid groups (broad SMARTS) is 2. The van der Waals surface area contributed by atoms with Crippen molar-refractivity contribution in [2.75, 3.05) is 6.54 Å². The number of aliphatic carboxylic acids is 2. The average molecular weight is 770 g/mol. The molecule has 6 amide bonds. The number of carbonyl (C=O) groups is 8. The zero-order valence-electron chi connectivity index (χ0n) is 31.3. The van der Waals surface area contributed by atoms with Gasteiger partial charge in [0.15, 0.2) is 0 Å². The molecule has 55 heavy (non-hydrogen) atoms. The van der Waals surface area contributed by atoms with Gasteiger partial charge in [0.2, 0.25) is 35.4 Å². The first kappa shape index (κ1) is 45.1. The highest BCUT2D eigenvalue weighted by molar-refractivity contribution is 5.96. The minimum atomic E-state index is -1.74. The van der Waals surface area contributed by atoms with E-state index in [2.05, 4.69) is 31.9 Å². The van der Waals surface area contributed by atoms with E-state index in [0.29, 0.717) is 11.1 Å². The van der Waals surface area contributed by atoms with Gasteiger partial charge in [0.25, 0.3) is 0 Å². The molecular formula is C37H51N7O11. The second-order valence-electron chi connectivity index (χ2n) is 13.7. The smallest absolute Gasteiger partial charge is 0.326 e. The standard InChI is InChI=1S/C37H51N7O11/c1-19(2)30(36(53)44-31(20(3)4)35(52)42-27(37(54)55)17-29(47)48)43-28(46)18-39-34(51)26(16-22-9-7-6-8-10-22)41-32(49)21(5)40-33(50)25(38)15-23-11-13-24(45)14-12-23/h6-14,19-21,25-27,30-31,45H,15-18,38H2,1-5H3,(H,39,51)(H,40,50)(H,41,49)(H,42,52)(H,43,46)(H,44,53)(H,47,48)(H,54,55)/t21-,25-,26-,27-,30-,31-/m0/s1. The molecular weight excluding hydrogens is 718 g/mol. The van der Waals surface area contributed by atoms with Crippen molar-refractivity contribution in [1.29, 1.82) is 0 Å². The van der Waals surface area contributed by atoms with Crippen molar-refractivity contribution in [2.24, 2.45) is 17.6 Å². The van der Waals surface area contributed by atoms with Crippen molar-refractivity contribution in [3.8, 4) is 5.75 Å². The van der Waals surface area contributed by atoms with Crippen molar-refractivity contribution >= 4 is 47.4 Å². The van der Waals surface area contributed by atoms with E-state index < -0.39 is 108 Å². The Morgan fingerprint density at radius 1 is 0.600 bits per heavy atom. The van der Waals surface area contributed by atoms with E-state index >= 15 is 0 Å². The lowest BCUT2D eigenvalue weighted by Gasteiger charge is -2.28. The van der Waals surface area contributed by atoms with Crippen LogP contribution >= 0.6 is 0 Å². The Bertz CT molecular complexity index is 1670. The summed E-state index contributed by atoms with van der Waals surface area (Å²) in [4.78, 5) is 101. The first-order valence-corrected chi connectivity index (χ1v) is 17.6. The SMILES string of the molecule is CC(C)[C@H](NC(=O)CNC(=O)[C@H](Cc1ccccc1)NC(=O)[C@H](C)NC(=O)[C@@H](N)Cc1ccc(O)cc1)C(=O)N[C@H](C(=O)N[C@@H](CC(=O)O)C(=O)O)C(C)C. The number of amides is 6. The van der Waals surface area contributed by atoms with Gasteiger partial charge >= 0.3 is 11.9 Å². The van der Waals surface area contributed by atoms with Crippen molar-refractivity contribution < 1.29 is 53.7 Å². The number of benzene rings is 2. The number of hydrogen-bond acceptors (Lipinski definition) is 10. The molecule has 2 rings (SSSR count). The molecule has 300 valence electrons. The lowest BCUT2D eigenvalue weighted by molar-refractivity contribution is -0.147. The first-order valence-electron chi connectivity index (χ1n) is 17.6. The zero-order chi connectivity index (χ0) is 41.4. The quantitative estimate of drug-likeness (QED) is 0.0727. The van der Waals surface area contributed by atoms with Crippen LogP contribution in [0, 0.1) is 11.8 Å². The summed E-state index contributed by atoms with van der Waals surface area (Å²) >= 11 is 0. The van der Waals surface area contributed by atoms with Crippen LogP contribution in [0.25, 0.3) is 0 Å². The second kappa shape index (κ2) is 21.6. The number of nitrogens with one attached hydrogen (secondary N) is 6. The maximum Gasteiger partial charge on any atom is 0.326 e. The minimum Gasteiger partial charge on any atom is -0.508 e. The second-order valence-corrected chi connectivity index (χ2v) is 13.7. The number of aromatic hydroxyl groups is 1. The largest absolute Gasteiger partial charge is 0.508 e. The summed E-state index contributed by atoms with van der Waals surface area (Å²) in [7, 11) is 0. The molecule has 0 fully saturated rings. The third kappa shape index (κ3) is 15.5. The van der Waals surface area contributed by atoms with Crippen molar-refractivity contribution in [2.45, 2.75) is 90.1 Å². The van der Waals surface area contributed by atoms with Gasteiger partial charge in [-0.25, -0.2) is 4.79 Å². The number of rotatable bonds is 21. The number of hydrogen-bond donors (Lipinski definition) is 10. The molecule has 0 spiro atoms. The highest BCUT2D eigenvalue weighted by Crippen LogP contribution is 2.12. The molecule has 0 aromatic heterocycles. The third-order valence-electron chi connectivity index (χ3n) is 8.33. The molecule has 6 atom stereocenters. The summed E-state index contributed by atoms with van der Waals surface area (Å²) in [6.07, 6.45) is -0.734. The van der Waals surface area contributed by atoms with E-state index in [1.165, 1.54) is 19.1 Å². The van der Waals surface area contributed by atoms with Gasteiger partial charge in [-0.1, -0.05) is 70.2 Å². The fourth-order valence-electron chi connectivity index (χ4n) is 5.18. The Kier molecular flexibility index (Phi) is 17.7. The minimum absolute atomic E-state index is 0.0198. The van der Waals surface area contributed by atoms with Gasteiger partial charge in [-0.15, -0.1) is 0 Å². The topological polar surface area (TPSA) is 295 Å². The molecule has 0 aliphatic rings. The van der Waals surface area contributed by atoms with Gasteiger partial charge < -0.3 is 53.0 Å². The Morgan fingerprint density at radius 3 is 1.67 bits per heavy atom. The number of phenolic OH excluding ortho intramolecular Hbond substituents is 1. The van der Waals surface area contributed by atoms with E-state index in [9.17, 15) is 48.6 Å². The van der Waals surface area contributed by atoms with E-state index in [1.807, 2.05) is 0 Å². The molecule has 11 N–H and O–H groups in total. The molecule has 0 bridgehead atoms. The predicted octanol–water partition coefficient (Wildman–Crippen LogP) is -1.06. The van der Waals surface area contributed by atoms with Crippen LogP contribution in [0.1, 0.15) is 52.2 Å². The molecule has 0 radical (unpaired) electrons. The summed E-state index contributed by atoms with van der Waals surface area (Å²) in [5.74, 6) is -8.65. The molecule has 0 heterocycles. The average Bonchev–Trinajstić information content (AvgIpc) is 3.11. The Morgan fingerprint density at radius 2 is 1.13 bits per heavy atom. The zero-order valence-corrected chi connectivity index (χ0v) is 31.3. The van der Waals surface area contributed by atoms with E-state index in [4.69, 9.17) is 10.8 Å². The van der Waals surface area contributed by atoms with Crippen molar-refractivity contribution in [1.82, 2.24) is 31.9 Å². The Balaban J connectivity index is 2.07. The summed E-state index contributed by atoms with van der Waals surface area (Å²) in [5.41, 5.74) is 7.40. The molecule has 0 unspecified atom stereocenters. The van der Waals surface area contributed by atoms with Crippen LogP contribution in [0.15, 0.2) is 54.6 Å². The van der Waals surface area contributed by atoms with Gasteiger partial charge in [0.1, 0.15) is 36.0 Å². The highest BCUT2D eigenvalue weighted by atomic mass is 16.4. The maximum atomic E-state index is 13.4. The fraction of sp³-hybridized carbons (Fsp3) is 0.459. The number of carboxylic acids is 2. The van der Waals surface area contributed by atoms with Gasteiger partial charge in [-0.3, -0.25) is 33.6 Å². The third-order valence-corrected chi connectivity index (χ3v) is 8.33. The monoisotopic (exact) mass is 769 g/mol. The van der Waals surface area contributed by atoms with Gasteiger partial charge in [-0.2, -0.15) is 0 Å². The Labute approximate surface area is 318 Å². The summed E-state index contributed by atoms with van der Waals surface area (Å²) in [5, 5.41) is 42.5. The predicted molar refractivity (Wildman–Crippen MR) is 198 cm³/mol. The van der Waals surface area contributed by atoms with Crippen LogP contribution in [-0.4, -0.2) is 105 Å². The van der Waals surface area contributed by atoms with E-state index in [0.717, 1.165) is 0 Å². The highest BCUT2D eigenvalue weighted by Gasteiger charge is 2.33. The molecule has 18 nitrogen and oxygen atoms in total. The van der Waals surface area contributed by atoms with Crippen molar-refractivity contribution in [3.05, 3.63) is 65.7 Å². The molecule has 0 aliphatic carbocycles. The fourth-order valence-corrected chi connectivity index (χ4v) is 5.18. The lowest BCUT2D eigenvalue weighted by atomic mass is 9.99. The normalized spacial score (nSPS) is 14.3. The van der Waals surface area contributed by atoms with Crippen LogP contribution in [0.5, 0.6) is 5.75 Å². The van der Waals surface area contributed by atoms with Gasteiger partial charge in [0.05, 0.1) is 19.0 Å². The van der Waals surface area contributed by atoms with Crippen LogP contribution < -0.4 is 37.6 Å². The van der Waals surface area contributed by atoms with Crippen LogP contribution in [0.2, 0.25) is 0 Å². The van der Waals surface area contributed by atoms with Crippen molar-refractivity contribution in [3.63, 3.8) is 0 Å². The molecule has 0 saturated heterocycles. The number of nitrogens with two attached hydrogens (primary N) is 1. The summed E-state index contributed by atoms with van der Waals surface area (Å²) in [6, 6.07) is 7.29. The van der Waals surface area contributed by atoms with Gasteiger partial charge in [0, 0.05) is 6.42 Å². The number of carbonyl (C=O) groups excluding carboxylic acids is 6. The molecule has 2 aromatic rings. The lowest BCUT2D eigenvalue weighted by Crippen LogP contribution is -2.59. The number of phenols is 1. The van der Waals surface area contributed by atoms with Crippen LogP contribution in [0.4, 0.5) is 0 Å². The van der Waals surface area contributed by atoms with E-state index in [1.54, 1.807) is 70.2 Å².